The van der Waals surface area contributed by atoms with E-state index in [-0.39, 0.29) is 16.7 Å². The van der Waals surface area contributed by atoms with Gasteiger partial charge in [0.25, 0.3) is 5.56 Å². The second-order valence-corrected chi connectivity index (χ2v) is 6.36. The van der Waals surface area contributed by atoms with Crippen molar-refractivity contribution in [3.8, 4) is 0 Å². The first-order chi connectivity index (χ1) is 12.8. The van der Waals surface area contributed by atoms with Crippen LogP contribution in [0, 0.1) is 0 Å². The summed E-state index contributed by atoms with van der Waals surface area (Å²) in [5.41, 5.74) is 4.08. The van der Waals surface area contributed by atoms with Crippen LogP contribution in [0.5, 0.6) is 0 Å². The van der Waals surface area contributed by atoms with Crippen LogP contribution in [-0.2, 0) is 23.3 Å². The van der Waals surface area contributed by atoms with Gasteiger partial charge >= 0.3 is 6.18 Å². The molecular weight excluding hydrogens is 383 g/mol. The molecule has 3 aromatic rings. The summed E-state index contributed by atoms with van der Waals surface area (Å²) in [7, 11) is 0. The fourth-order valence-electron chi connectivity index (χ4n) is 2.34. The van der Waals surface area contributed by atoms with Crippen LogP contribution in [-0.4, -0.2) is 25.4 Å². The largest absolute Gasteiger partial charge is 0.433 e. The van der Waals surface area contributed by atoms with E-state index >= 15 is 0 Å². The number of nitrogens with zero attached hydrogens (tertiary/aromatic N) is 4. The first kappa shape index (κ1) is 18.8. The Morgan fingerprint density at radius 3 is 2.63 bits per heavy atom. The maximum atomic E-state index is 12.8. The third kappa shape index (κ3) is 4.25. The predicted molar refractivity (Wildman–Crippen MR) is 91.8 cm³/mol. The summed E-state index contributed by atoms with van der Waals surface area (Å²) in [6.07, 6.45) is -3.59. The minimum Gasteiger partial charge on any atom is -0.368 e. The maximum absolute atomic E-state index is 12.8. The van der Waals surface area contributed by atoms with Crippen molar-refractivity contribution in [3.63, 3.8) is 0 Å². The van der Waals surface area contributed by atoms with Crippen LogP contribution in [0.25, 0.3) is 10.9 Å². The third-order valence-corrected chi connectivity index (χ3v) is 4.37. The molecule has 2 aromatic heterocycles. The smallest absolute Gasteiger partial charge is 0.368 e. The number of carbonyl (C=O) groups excluding carboxylic acids is 1. The van der Waals surface area contributed by atoms with Gasteiger partial charge in [-0.3, -0.25) is 14.2 Å². The number of amides is 1. The van der Waals surface area contributed by atoms with Crippen molar-refractivity contribution >= 4 is 28.6 Å². The molecule has 2 N–H and O–H groups in total. The Hall–Kier alpha value is -2.95. The van der Waals surface area contributed by atoms with Crippen molar-refractivity contribution < 1.29 is 18.0 Å². The molecule has 7 nitrogen and oxygen atoms in total. The number of nitrogens with two attached hydrogens (primary N) is 1. The summed E-state index contributed by atoms with van der Waals surface area (Å²) in [6, 6.07) is 7.31. The van der Waals surface area contributed by atoms with Gasteiger partial charge in [0.1, 0.15) is 18.1 Å². The third-order valence-electron chi connectivity index (χ3n) is 3.51. The van der Waals surface area contributed by atoms with E-state index in [4.69, 9.17) is 5.73 Å². The topological polar surface area (TPSA) is 104 Å². The van der Waals surface area contributed by atoms with Crippen molar-refractivity contribution in [1.82, 2.24) is 19.5 Å². The molecule has 140 valence electrons. The molecule has 11 heteroatoms. The van der Waals surface area contributed by atoms with Crippen molar-refractivity contribution in [2.75, 3.05) is 0 Å². The Kier molecular flexibility index (Phi) is 5.13. The maximum Gasteiger partial charge on any atom is 0.433 e. The molecule has 1 amide bonds. The van der Waals surface area contributed by atoms with Gasteiger partial charge in [-0.2, -0.15) is 13.2 Å². The average Bonchev–Trinajstić information content (AvgIpc) is 2.62. The molecule has 3 rings (SSSR count). The van der Waals surface area contributed by atoms with E-state index in [1.165, 1.54) is 0 Å². The van der Waals surface area contributed by atoms with Crippen LogP contribution in [0.3, 0.4) is 0 Å². The number of thioether (sulfide) groups is 1. The summed E-state index contributed by atoms with van der Waals surface area (Å²) in [5, 5.41) is 0.181. The molecule has 0 aliphatic rings. The van der Waals surface area contributed by atoms with E-state index in [2.05, 4.69) is 15.0 Å². The van der Waals surface area contributed by atoms with Gasteiger partial charge in [0, 0.05) is 6.20 Å². The minimum atomic E-state index is -4.59. The van der Waals surface area contributed by atoms with Crippen LogP contribution in [0.2, 0.25) is 0 Å². The number of hydrogen-bond donors (Lipinski definition) is 1. The fourth-order valence-corrected chi connectivity index (χ4v) is 3.12. The van der Waals surface area contributed by atoms with Crippen molar-refractivity contribution in [3.05, 3.63) is 58.4 Å². The lowest BCUT2D eigenvalue weighted by Crippen LogP contribution is -2.31. The summed E-state index contributed by atoms with van der Waals surface area (Å²) in [4.78, 5) is 35.5. The lowest BCUT2D eigenvalue weighted by Gasteiger charge is -2.12. The highest BCUT2D eigenvalue weighted by molar-refractivity contribution is 7.98. The monoisotopic (exact) mass is 395 g/mol. The average molecular weight is 395 g/mol. The minimum absolute atomic E-state index is 0.0192. The number of benzene rings is 1. The highest BCUT2D eigenvalue weighted by atomic mass is 32.2. The molecule has 0 aliphatic carbocycles. The van der Waals surface area contributed by atoms with E-state index in [1.54, 1.807) is 24.3 Å². The lowest BCUT2D eigenvalue weighted by molar-refractivity contribution is -0.141. The van der Waals surface area contributed by atoms with Gasteiger partial charge < -0.3 is 5.73 Å². The van der Waals surface area contributed by atoms with Crippen LogP contribution >= 0.6 is 11.8 Å². The zero-order valence-electron chi connectivity index (χ0n) is 13.6. The zero-order valence-corrected chi connectivity index (χ0v) is 14.4. The number of aromatic nitrogens is 4. The number of hydrogen-bond acceptors (Lipinski definition) is 6. The fraction of sp³-hybridized carbons (Fsp3) is 0.188. The standard InChI is InChI=1S/C16H12F3N5O2S/c17-16(18,19)11-5-6-21-15(23-11)27-8-13-22-10-4-2-1-3-9(10)14(26)24(13)7-12(20)25/h1-6H,7-8H2,(H2,20,25). The van der Waals surface area contributed by atoms with E-state index in [0.717, 1.165) is 28.6 Å². The molecule has 0 unspecified atom stereocenters. The highest BCUT2D eigenvalue weighted by Gasteiger charge is 2.32. The molecule has 0 saturated heterocycles. The van der Waals surface area contributed by atoms with Gasteiger partial charge in [0.2, 0.25) is 5.91 Å². The molecule has 1 aromatic carbocycles. The second-order valence-electron chi connectivity index (χ2n) is 5.41. The molecule has 0 saturated carbocycles. The molecule has 2 heterocycles. The van der Waals surface area contributed by atoms with Crippen molar-refractivity contribution in [2.24, 2.45) is 5.73 Å². The number of alkyl halides is 3. The second kappa shape index (κ2) is 7.35. The number of primary amides is 1. The SMILES string of the molecule is NC(=O)Cn1c(CSc2nccc(C(F)(F)F)n2)nc2ccccc2c1=O. The van der Waals surface area contributed by atoms with Gasteiger partial charge in [-0.25, -0.2) is 15.0 Å². The molecule has 0 bridgehead atoms. The number of para-hydroxylation sites is 1. The Bertz CT molecular complexity index is 1070. The summed E-state index contributed by atoms with van der Waals surface area (Å²) in [6.45, 7) is -0.393. The van der Waals surface area contributed by atoms with Crippen LogP contribution in [0.4, 0.5) is 13.2 Å². The summed E-state index contributed by atoms with van der Waals surface area (Å²) < 4.78 is 39.4. The summed E-state index contributed by atoms with van der Waals surface area (Å²) in [5.74, 6) is -0.575. The lowest BCUT2D eigenvalue weighted by atomic mass is 10.2. The quantitative estimate of drug-likeness (QED) is 0.523. The molecule has 27 heavy (non-hydrogen) atoms. The van der Waals surface area contributed by atoms with Crippen LogP contribution in [0.1, 0.15) is 11.5 Å². The van der Waals surface area contributed by atoms with E-state index < -0.39 is 29.9 Å². The Labute approximate surface area is 154 Å². The zero-order chi connectivity index (χ0) is 19.6. The normalized spacial score (nSPS) is 11.7. The van der Waals surface area contributed by atoms with Gasteiger partial charge in [0.15, 0.2) is 5.16 Å². The van der Waals surface area contributed by atoms with Gasteiger partial charge in [-0.1, -0.05) is 23.9 Å². The molecule has 0 atom stereocenters. The Balaban J connectivity index is 1.97. The van der Waals surface area contributed by atoms with Crippen molar-refractivity contribution in [1.29, 1.82) is 0 Å². The van der Waals surface area contributed by atoms with Gasteiger partial charge in [0.05, 0.1) is 16.7 Å². The molecule has 0 aliphatic heterocycles. The van der Waals surface area contributed by atoms with Crippen LogP contribution in [0.15, 0.2) is 46.5 Å². The highest BCUT2D eigenvalue weighted by Crippen LogP contribution is 2.29. The van der Waals surface area contributed by atoms with E-state index in [9.17, 15) is 22.8 Å². The van der Waals surface area contributed by atoms with Crippen LogP contribution < -0.4 is 11.3 Å². The number of halogens is 3. The number of fused-ring (bicyclic) bond motifs is 1. The van der Waals surface area contributed by atoms with Crippen molar-refractivity contribution in [2.45, 2.75) is 23.6 Å². The summed E-state index contributed by atoms with van der Waals surface area (Å²) >= 11 is 0.866. The van der Waals surface area contributed by atoms with E-state index in [0.29, 0.717) is 10.9 Å². The molecule has 0 fully saturated rings. The number of rotatable bonds is 5. The first-order valence-corrected chi connectivity index (χ1v) is 8.54. The Morgan fingerprint density at radius 1 is 1.19 bits per heavy atom. The molecule has 0 spiro atoms. The van der Waals surface area contributed by atoms with Gasteiger partial charge in [-0.15, -0.1) is 0 Å². The first-order valence-electron chi connectivity index (χ1n) is 7.55. The van der Waals surface area contributed by atoms with E-state index in [1.807, 2.05) is 0 Å². The van der Waals surface area contributed by atoms with Gasteiger partial charge in [-0.05, 0) is 18.2 Å². The molecular formula is C16H12F3N5O2S. The predicted octanol–water partition coefficient (Wildman–Crippen LogP) is 1.98. The Morgan fingerprint density at radius 2 is 1.93 bits per heavy atom. The number of carbonyl (C=O) groups is 1. The molecule has 0 radical (unpaired) electrons.